The molecule has 2 rings (SSSR count). The molecule has 1 amide bonds. The number of ketones is 1. The summed E-state index contributed by atoms with van der Waals surface area (Å²) in [6.07, 6.45) is 6.37. The molecule has 0 aliphatic heterocycles. The van der Waals surface area contributed by atoms with Gasteiger partial charge in [-0.3, -0.25) is 4.79 Å². The summed E-state index contributed by atoms with van der Waals surface area (Å²) >= 11 is 0. The molecular formula is C21H32N2O3. The first-order valence-corrected chi connectivity index (χ1v) is 9.67. The van der Waals surface area contributed by atoms with Gasteiger partial charge in [0.25, 0.3) is 0 Å². The van der Waals surface area contributed by atoms with Crippen LogP contribution in [0.2, 0.25) is 0 Å². The lowest BCUT2D eigenvalue weighted by Gasteiger charge is -2.22. The van der Waals surface area contributed by atoms with Crippen LogP contribution in [0.5, 0.6) is 0 Å². The van der Waals surface area contributed by atoms with E-state index in [-0.39, 0.29) is 18.7 Å². The van der Waals surface area contributed by atoms with Crippen LogP contribution < -0.4 is 10.6 Å². The van der Waals surface area contributed by atoms with Gasteiger partial charge in [-0.2, -0.15) is 0 Å². The van der Waals surface area contributed by atoms with Gasteiger partial charge in [0.05, 0.1) is 0 Å². The third-order valence-electron chi connectivity index (χ3n) is 4.52. The van der Waals surface area contributed by atoms with Crippen molar-refractivity contribution in [1.29, 1.82) is 0 Å². The van der Waals surface area contributed by atoms with E-state index in [1.807, 2.05) is 45.0 Å². The van der Waals surface area contributed by atoms with E-state index in [1.165, 1.54) is 32.1 Å². The number of carbonyl (C=O) groups is 2. The largest absolute Gasteiger partial charge is 0.444 e. The molecule has 26 heavy (non-hydrogen) atoms. The van der Waals surface area contributed by atoms with Crippen LogP contribution in [0.3, 0.4) is 0 Å². The van der Waals surface area contributed by atoms with Crippen LogP contribution in [0, 0.1) is 5.92 Å². The first-order chi connectivity index (χ1) is 12.3. The zero-order valence-corrected chi connectivity index (χ0v) is 16.3. The maximum atomic E-state index is 12.3. The van der Waals surface area contributed by atoms with E-state index in [0.717, 1.165) is 18.2 Å². The van der Waals surface area contributed by atoms with E-state index in [2.05, 4.69) is 10.6 Å². The second kappa shape index (κ2) is 9.60. The Balaban J connectivity index is 1.77. The van der Waals surface area contributed by atoms with E-state index >= 15 is 0 Å². The van der Waals surface area contributed by atoms with Crippen LogP contribution in [0.15, 0.2) is 24.3 Å². The van der Waals surface area contributed by atoms with Crippen LogP contribution in [0.4, 0.5) is 10.5 Å². The lowest BCUT2D eigenvalue weighted by molar-refractivity contribution is 0.0527. The number of benzene rings is 1. The highest BCUT2D eigenvalue weighted by Gasteiger charge is 2.16. The molecule has 0 aromatic heterocycles. The van der Waals surface area contributed by atoms with Gasteiger partial charge >= 0.3 is 6.09 Å². The van der Waals surface area contributed by atoms with E-state index in [1.54, 1.807) is 0 Å². The van der Waals surface area contributed by atoms with Crippen molar-refractivity contribution in [1.82, 2.24) is 5.32 Å². The first-order valence-electron chi connectivity index (χ1n) is 9.67. The van der Waals surface area contributed by atoms with Crippen molar-refractivity contribution in [3.05, 3.63) is 29.8 Å². The number of anilines is 1. The number of Topliss-reactive ketones (excluding diaryl/α,β-unsaturated/α-hetero) is 1. The number of carbonyl (C=O) groups excluding carboxylic acids is 2. The Hall–Kier alpha value is -2.04. The molecule has 144 valence electrons. The third kappa shape index (κ3) is 7.46. The topological polar surface area (TPSA) is 67.4 Å². The molecule has 1 aliphatic rings. The fraction of sp³-hybridized carbons (Fsp3) is 0.619. The second-order valence-corrected chi connectivity index (χ2v) is 8.07. The van der Waals surface area contributed by atoms with E-state index in [4.69, 9.17) is 4.74 Å². The van der Waals surface area contributed by atoms with E-state index < -0.39 is 11.7 Å². The molecule has 5 nitrogen and oxygen atoms in total. The summed E-state index contributed by atoms with van der Waals surface area (Å²) in [5, 5.41) is 6.09. The molecule has 0 saturated heterocycles. The van der Waals surface area contributed by atoms with Gasteiger partial charge in [-0.1, -0.05) is 31.4 Å². The van der Waals surface area contributed by atoms with Crippen molar-refractivity contribution < 1.29 is 14.3 Å². The van der Waals surface area contributed by atoms with E-state index in [9.17, 15) is 9.59 Å². The third-order valence-corrected chi connectivity index (χ3v) is 4.52. The molecule has 1 aromatic carbocycles. The number of hydrogen-bond acceptors (Lipinski definition) is 4. The Morgan fingerprint density at radius 2 is 1.88 bits per heavy atom. The molecule has 0 heterocycles. The number of ether oxygens (including phenoxy) is 1. The quantitative estimate of drug-likeness (QED) is 0.687. The van der Waals surface area contributed by atoms with Gasteiger partial charge in [0.15, 0.2) is 5.78 Å². The van der Waals surface area contributed by atoms with Gasteiger partial charge in [0.1, 0.15) is 5.60 Å². The number of rotatable bonds is 7. The number of nitrogens with one attached hydrogen (secondary N) is 2. The predicted molar refractivity (Wildman–Crippen MR) is 105 cm³/mol. The Labute approximate surface area is 156 Å². The van der Waals surface area contributed by atoms with Gasteiger partial charge < -0.3 is 15.4 Å². The molecule has 0 atom stereocenters. The highest BCUT2D eigenvalue weighted by molar-refractivity contribution is 5.97. The summed E-state index contributed by atoms with van der Waals surface area (Å²) in [5.41, 5.74) is 1.12. The van der Waals surface area contributed by atoms with Crippen molar-refractivity contribution in [3.63, 3.8) is 0 Å². The molecule has 1 aromatic rings. The van der Waals surface area contributed by atoms with Crippen LogP contribution >= 0.6 is 0 Å². The molecule has 0 unspecified atom stereocenters. The SMILES string of the molecule is CC(C)(C)OC(=O)NCCC(=O)c1cccc(NCC2CCCCC2)c1. The Kier molecular flexibility index (Phi) is 7.49. The number of hydrogen-bond donors (Lipinski definition) is 2. The van der Waals surface area contributed by atoms with Crippen LogP contribution in [-0.2, 0) is 4.74 Å². The predicted octanol–water partition coefficient (Wildman–Crippen LogP) is 4.78. The normalized spacial score (nSPS) is 15.3. The second-order valence-electron chi connectivity index (χ2n) is 8.07. The van der Waals surface area contributed by atoms with Crippen molar-refractivity contribution in [2.45, 2.75) is 64.9 Å². The maximum Gasteiger partial charge on any atom is 0.407 e. The molecule has 0 spiro atoms. The van der Waals surface area contributed by atoms with Crippen molar-refractivity contribution in [3.8, 4) is 0 Å². The zero-order valence-electron chi connectivity index (χ0n) is 16.3. The Morgan fingerprint density at radius 3 is 2.58 bits per heavy atom. The monoisotopic (exact) mass is 360 g/mol. The van der Waals surface area contributed by atoms with Crippen LogP contribution in [0.25, 0.3) is 0 Å². The van der Waals surface area contributed by atoms with Gasteiger partial charge in [-0.05, 0) is 51.7 Å². The smallest absolute Gasteiger partial charge is 0.407 e. The minimum atomic E-state index is -0.535. The molecule has 5 heteroatoms. The summed E-state index contributed by atoms with van der Waals surface area (Å²) in [4.78, 5) is 24.0. The zero-order chi connectivity index (χ0) is 19.0. The summed E-state index contributed by atoms with van der Waals surface area (Å²) in [6.45, 7) is 6.67. The Bertz CT molecular complexity index is 602. The minimum absolute atomic E-state index is 0.0161. The molecule has 0 bridgehead atoms. The Morgan fingerprint density at radius 1 is 1.15 bits per heavy atom. The van der Waals surface area contributed by atoms with E-state index in [0.29, 0.717) is 5.56 Å². The molecule has 0 radical (unpaired) electrons. The summed E-state index contributed by atoms with van der Waals surface area (Å²) in [6, 6.07) is 7.62. The molecule has 2 N–H and O–H groups in total. The standard InChI is InChI=1S/C21H32N2O3/c1-21(2,3)26-20(25)22-13-12-19(24)17-10-7-11-18(14-17)23-15-16-8-5-4-6-9-16/h7,10-11,14,16,23H,4-6,8-9,12-13,15H2,1-3H3,(H,22,25). The maximum absolute atomic E-state index is 12.3. The molecular weight excluding hydrogens is 328 g/mol. The lowest BCUT2D eigenvalue weighted by Crippen LogP contribution is -2.33. The highest BCUT2D eigenvalue weighted by Crippen LogP contribution is 2.24. The van der Waals surface area contributed by atoms with Gasteiger partial charge in [0, 0.05) is 30.8 Å². The molecule has 1 aliphatic carbocycles. The van der Waals surface area contributed by atoms with Crippen molar-refractivity contribution in [2.24, 2.45) is 5.92 Å². The van der Waals surface area contributed by atoms with Crippen molar-refractivity contribution >= 4 is 17.6 Å². The van der Waals surface area contributed by atoms with Gasteiger partial charge in [-0.15, -0.1) is 0 Å². The molecule has 1 saturated carbocycles. The number of alkyl carbamates (subject to hydrolysis) is 1. The fourth-order valence-corrected chi connectivity index (χ4v) is 3.19. The average molecular weight is 360 g/mol. The number of amides is 1. The summed E-state index contributed by atoms with van der Waals surface area (Å²) in [7, 11) is 0. The average Bonchev–Trinajstić information content (AvgIpc) is 2.59. The minimum Gasteiger partial charge on any atom is -0.444 e. The van der Waals surface area contributed by atoms with Crippen LogP contribution in [0.1, 0.15) is 69.7 Å². The van der Waals surface area contributed by atoms with Gasteiger partial charge in [0.2, 0.25) is 0 Å². The first kappa shape index (κ1) is 20.3. The highest BCUT2D eigenvalue weighted by atomic mass is 16.6. The summed E-state index contributed by atoms with van der Waals surface area (Å²) in [5.74, 6) is 0.753. The van der Waals surface area contributed by atoms with Crippen molar-refractivity contribution in [2.75, 3.05) is 18.4 Å². The summed E-state index contributed by atoms with van der Waals surface area (Å²) < 4.78 is 5.16. The van der Waals surface area contributed by atoms with Gasteiger partial charge in [-0.25, -0.2) is 4.79 Å². The lowest BCUT2D eigenvalue weighted by atomic mass is 9.89. The molecule has 1 fully saturated rings. The van der Waals surface area contributed by atoms with Crippen LogP contribution in [-0.4, -0.2) is 30.6 Å². The fourth-order valence-electron chi connectivity index (χ4n) is 3.19.